The summed E-state index contributed by atoms with van der Waals surface area (Å²) in [6, 6.07) is 39.7. The largest absolute Gasteiger partial charge is 0.488 e. The lowest BCUT2D eigenvalue weighted by molar-refractivity contribution is 0.302. The lowest BCUT2D eigenvalue weighted by Gasteiger charge is -2.26. The third kappa shape index (κ3) is 3.64. The van der Waals surface area contributed by atoms with Gasteiger partial charge in [-0.05, 0) is 33.9 Å². The van der Waals surface area contributed by atoms with E-state index in [9.17, 15) is 0 Å². The summed E-state index contributed by atoms with van der Waals surface area (Å²) in [5, 5.41) is 0. The van der Waals surface area contributed by atoms with Gasteiger partial charge in [0.25, 0.3) is 0 Å². The molecule has 0 saturated heterocycles. The minimum Gasteiger partial charge on any atom is -0.488 e. The van der Waals surface area contributed by atoms with Crippen LogP contribution in [0.4, 0.5) is 0 Å². The quantitative estimate of drug-likeness (QED) is 0.230. The maximum atomic E-state index is 6.16. The maximum absolute atomic E-state index is 6.16. The Hall–Kier alpha value is -5.09. The monoisotopic (exact) mass is 529 g/mol. The van der Waals surface area contributed by atoms with E-state index >= 15 is 0 Å². The van der Waals surface area contributed by atoms with Crippen molar-refractivity contribution in [1.82, 2.24) is 15.0 Å². The fourth-order valence-corrected chi connectivity index (χ4v) is 6.41. The van der Waals surface area contributed by atoms with Crippen molar-refractivity contribution >= 4 is 0 Å². The van der Waals surface area contributed by atoms with Gasteiger partial charge in [-0.2, -0.15) is 0 Å². The van der Waals surface area contributed by atoms with Crippen molar-refractivity contribution < 1.29 is 4.74 Å². The molecule has 6 aromatic rings. The molecule has 0 amide bonds. The van der Waals surface area contributed by atoms with E-state index in [2.05, 4.69) is 86.6 Å². The third-order valence-corrected chi connectivity index (χ3v) is 8.43. The molecule has 2 heterocycles. The van der Waals surface area contributed by atoms with Gasteiger partial charge in [-0.15, -0.1) is 0 Å². The smallest absolute Gasteiger partial charge is 0.164 e. The Kier molecular flexibility index (Phi) is 5.20. The van der Waals surface area contributed by atoms with Gasteiger partial charge in [0.15, 0.2) is 17.5 Å². The number of benzene rings is 5. The molecule has 5 aromatic carbocycles. The van der Waals surface area contributed by atoms with Crippen molar-refractivity contribution in [3.63, 3.8) is 0 Å². The van der Waals surface area contributed by atoms with Crippen molar-refractivity contribution in [3.8, 4) is 62.2 Å². The summed E-state index contributed by atoms with van der Waals surface area (Å²) in [7, 11) is 0. The van der Waals surface area contributed by atoms with Gasteiger partial charge in [-0.3, -0.25) is 0 Å². The van der Waals surface area contributed by atoms with E-state index in [0.29, 0.717) is 24.1 Å². The van der Waals surface area contributed by atoms with Gasteiger partial charge in [0.1, 0.15) is 12.4 Å². The summed E-state index contributed by atoms with van der Waals surface area (Å²) in [6.07, 6.45) is 0. The van der Waals surface area contributed by atoms with Gasteiger partial charge in [-0.25, -0.2) is 15.0 Å². The lowest BCUT2D eigenvalue weighted by atomic mass is 9.81. The van der Waals surface area contributed by atoms with E-state index in [-0.39, 0.29) is 5.41 Å². The Morgan fingerprint density at radius 1 is 0.512 bits per heavy atom. The van der Waals surface area contributed by atoms with E-state index in [4.69, 9.17) is 19.7 Å². The SMILES string of the molecule is CC1(C)c2cccc(-c3nc(-c4ccccc4)nc(-c4ccccc4)n3)c2-c2c1ccc1c2-c2ccccc2OC1. The first kappa shape index (κ1) is 23.8. The molecule has 0 saturated carbocycles. The molecule has 4 heteroatoms. The number of hydrogen-bond donors (Lipinski definition) is 0. The van der Waals surface area contributed by atoms with E-state index in [0.717, 1.165) is 28.0 Å². The van der Waals surface area contributed by atoms with Crippen LogP contribution in [0.2, 0.25) is 0 Å². The second-order valence-electron chi connectivity index (χ2n) is 11.2. The van der Waals surface area contributed by atoms with Crippen LogP contribution in [-0.4, -0.2) is 15.0 Å². The van der Waals surface area contributed by atoms with Crippen LogP contribution in [0.25, 0.3) is 56.4 Å². The molecule has 0 radical (unpaired) electrons. The van der Waals surface area contributed by atoms with Gasteiger partial charge >= 0.3 is 0 Å². The van der Waals surface area contributed by atoms with Gasteiger partial charge in [0.05, 0.1) is 0 Å². The van der Waals surface area contributed by atoms with Crippen LogP contribution in [0, 0.1) is 0 Å². The number of nitrogens with zero attached hydrogens (tertiary/aromatic N) is 3. The molecular weight excluding hydrogens is 502 g/mol. The Morgan fingerprint density at radius 3 is 1.80 bits per heavy atom. The van der Waals surface area contributed by atoms with Crippen LogP contribution in [0.15, 0.2) is 115 Å². The average molecular weight is 530 g/mol. The first-order valence-corrected chi connectivity index (χ1v) is 14.0. The van der Waals surface area contributed by atoms with Crippen LogP contribution < -0.4 is 4.74 Å². The fraction of sp³-hybridized carbons (Fsp3) is 0.108. The fourth-order valence-electron chi connectivity index (χ4n) is 6.41. The second-order valence-corrected chi connectivity index (χ2v) is 11.2. The molecule has 1 aliphatic carbocycles. The summed E-state index contributed by atoms with van der Waals surface area (Å²) in [4.78, 5) is 15.1. The highest BCUT2D eigenvalue weighted by molar-refractivity contribution is 6.01. The predicted octanol–water partition coefficient (Wildman–Crippen LogP) is 8.74. The summed E-state index contributed by atoms with van der Waals surface area (Å²) >= 11 is 0. The zero-order valence-electron chi connectivity index (χ0n) is 22.9. The first-order chi connectivity index (χ1) is 20.1. The number of hydrogen-bond acceptors (Lipinski definition) is 4. The van der Waals surface area contributed by atoms with Crippen molar-refractivity contribution in [2.75, 3.05) is 0 Å². The Labute approximate surface area is 239 Å². The van der Waals surface area contributed by atoms with Crippen molar-refractivity contribution in [2.45, 2.75) is 25.9 Å². The van der Waals surface area contributed by atoms with E-state index in [1.165, 1.54) is 33.4 Å². The molecule has 0 unspecified atom stereocenters. The number of fused-ring (bicyclic) bond motifs is 7. The van der Waals surface area contributed by atoms with Crippen LogP contribution in [0.5, 0.6) is 5.75 Å². The van der Waals surface area contributed by atoms with Gasteiger partial charge < -0.3 is 4.74 Å². The number of rotatable bonds is 3. The molecular formula is C37H27N3O. The molecule has 2 aliphatic rings. The molecule has 0 spiro atoms. The molecule has 0 fully saturated rings. The number of ether oxygens (including phenoxy) is 1. The van der Waals surface area contributed by atoms with Crippen LogP contribution in [-0.2, 0) is 12.0 Å². The van der Waals surface area contributed by atoms with Gasteiger partial charge in [-0.1, -0.05) is 123 Å². The third-order valence-electron chi connectivity index (χ3n) is 8.43. The van der Waals surface area contributed by atoms with E-state index < -0.39 is 0 Å². The molecule has 41 heavy (non-hydrogen) atoms. The predicted molar refractivity (Wildman–Crippen MR) is 163 cm³/mol. The molecule has 0 bridgehead atoms. The Balaban J connectivity index is 1.43. The van der Waals surface area contributed by atoms with Crippen LogP contribution in [0.3, 0.4) is 0 Å². The van der Waals surface area contributed by atoms with Gasteiger partial charge in [0.2, 0.25) is 0 Å². The molecule has 4 nitrogen and oxygen atoms in total. The second kappa shape index (κ2) is 8.97. The van der Waals surface area contributed by atoms with E-state index in [1.807, 2.05) is 42.5 Å². The number of aromatic nitrogens is 3. The highest BCUT2D eigenvalue weighted by atomic mass is 16.5. The first-order valence-electron chi connectivity index (χ1n) is 14.0. The highest BCUT2D eigenvalue weighted by Crippen LogP contribution is 2.57. The van der Waals surface area contributed by atoms with Crippen LogP contribution >= 0.6 is 0 Å². The minimum absolute atomic E-state index is 0.180. The standard InChI is InChI=1S/C37H27N3O/c1-37(2)28-18-11-17-27(32(28)33-29(37)21-20-25-22-41-30-19-10-9-16-26(30)31(25)33)36-39-34(23-12-5-3-6-13-23)38-35(40-36)24-14-7-4-8-15-24/h3-21H,22H2,1-2H3. The molecule has 8 rings (SSSR count). The summed E-state index contributed by atoms with van der Waals surface area (Å²) < 4.78 is 6.16. The Morgan fingerprint density at radius 2 is 1.10 bits per heavy atom. The summed E-state index contributed by atoms with van der Waals surface area (Å²) in [5.41, 5.74) is 11.4. The lowest BCUT2D eigenvalue weighted by Crippen LogP contribution is -2.15. The van der Waals surface area contributed by atoms with E-state index in [1.54, 1.807) is 0 Å². The average Bonchev–Trinajstić information content (AvgIpc) is 3.28. The zero-order valence-corrected chi connectivity index (χ0v) is 22.9. The molecule has 0 atom stereocenters. The molecule has 0 N–H and O–H groups in total. The summed E-state index contributed by atoms with van der Waals surface area (Å²) in [5.74, 6) is 2.93. The van der Waals surface area contributed by atoms with Crippen molar-refractivity contribution in [1.29, 1.82) is 0 Å². The molecule has 1 aliphatic heterocycles. The number of para-hydroxylation sites is 1. The minimum atomic E-state index is -0.180. The molecule has 1 aromatic heterocycles. The Bertz CT molecular complexity index is 1910. The topological polar surface area (TPSA) is 47.9 Å². The maximum Gasteiger partial charge on any atom is 0.164 e. The normalized spacial score (nSPS) is 13.9. The summed E-state index contributed by atoms with van der Waals surface area (Å²) in [6.45, 7) is 5.19. The van der Waals surface area contributed by atoms with Gasteiger partial charge in [0, 0.05) is 33.2 Å². The van der Waals surface area contributed by atoms with Crippen LogP contribution in [0.1, 0.15) is 30.5 Å². The zero-order chi connectivity index (χ0) is 27.6. The highest BCUT2D eigenvalue weighted by Gasteiger charge is 2.40. The molecule has 196 valence electrons. The van der Waals surface area contributed by atoms with Crippen molar-refractivity contribution in [2.24, 2.45) is 0 Å². The van der Waals surface area contributed by atoms with Crippen molar-refractivity contribution in [3.05, 3.63) is 132 Å².